The van der Waals surface area contributed by atoms with Gasteiger partial charge in [0.15, 0.2) is 5.96 Å². The van der Waals surface area contributed by atoms with E-state index in [2.05, 4.69) is 11.6 Å². The fourth-order valence-corrected chi connectivity index (χ4v) is 0. The summed E-state index contributed by atoms with van der Waals surface area (Å²) in [6.07, 6.45) is 0.222. The normalized spacial score (nSPS) is 7.00. The molecule has 0 aliphatic rings. The quantitative estimate of drug-likeness (QED) is 0.138. The molecule has 0 aromatic rings. The summed E-state index contributed by atoms with van der Waals surface area (Å²) in [7, 11) is 0. The van der Waals surface area contributed by atoms with Crippen LogP contribution in [0.25, 0.3) is 0 Å². The first kappa shape index (κ1) is 11.5. The van der Waals surface area contributed by atoms with Crippen LogP contribution in [0.2, 0.25) is 0 Å². The fourth-order valence-electron chi connectivity index (χ4n) is 0. The van der Waals surface area contributed by atoms with E-state index in [-0.39, 0.29) is 12.4 Å². The maximum Gasteiger partial charge on any atom is 0.303 e. The molecule has 0 bridgehead atoms. The van der Waals surface area contributed by atoms with Crippen LogP contribution in [0, 0.1) is 5.41 Å². The number of hydrogen-bond acceptors (Lipinski definition) is 3. The molecule has 0 rings (SSSR count). The minimum Gasteiger partial charge on any atom is -0.481 e. The van der Waals surface area contributed by atoms with E-state index in [1.165, 1.54) is 0 Å². The molecule has 0 unspecified atom stereocenters. The molecule has 0 aromatic heterocycles. The van der Waals surface area contributed by atoms with E-state index in [4.69, 9.17) is 10.5 Å². The predicted molar refractivity (Wildman–Crippen MR) is 37.2 cm³/mol. The van der Waals surface area contributed by atoms with Gasteiger partial charge in [-0.2, -0.15) is 0 Å². The number of carboxylic acids is 1. The largest absolute Gasteiger partial charge is 0.481 e. The Labute approximate surface area is 58.7 Å². The monoisotopic (exact) mass is 148 g/mol. The molecule has 0 spiro atoms. The Morgan fingerprint density at radius 2 is 2.00 bits per heavy atom. The predicted octanol–water partition coefficient (Wildman–Crippen LogP) is -1.18. The molecule has 0 aliphatic carbocycles. The number of nitrogens with one attached hydrogen (secondary N) is 2. The van der Waals surface area contributed by atoms with Crippen molar-refractivity contribution in [3.05, 3.63) is 0 Å². The number of rotatable bonds is 1. The summed E-state index contributed by atoms with van der Waals surface area (Å²) in [6, 6.07) is 0. The van der Waals surface area contributed by atoms with Crippen LogP contribution in [-0.2, 0) is 4.79 Å². The van der Waals surface area contributed by atoms with Gasteiger partial charge in [-0.3, -0.25) is 15.6 Å². The lowest BCUT2D eigenvalue weighted by Gasteiger charge is -1.85. The Hall–Kier alpha value is -1.30. The molecule has 10 heavy (non-hydrogen) atoms. The van der Waals surface area contributed by atoms with Crippen molar-refractivity contribution in [1.82, 2.24) is 5.43 Å². The maximum atomic E-state index is 9.37. The molecule has 0 saturated carbocycles. The molecule has 60 valence electrons. The SMILES string of the molecule is CCC(=O)O.N=C(N)NN. The minimum atomic E-state index is -0.745. The van der Waals surface area contributed by atoms with E-state index in [9.17, 15) is 4.79 Å². The van der Waals surface area contributed by atoms with E-state index < -0.39 is 5.97 Å². The van der Waals surface area contributed by atoms with Crippen molar-refractivity contribution >= 4 is 11.9 Å². The molecule has 0 fully saturated rings. The van der Waals surface area contributed by atoms with Crippen molar-refractivity contribution in [3.8, 4) is 0 Å². The van der Waals surface area contributed by atoms with Crippen molar-refractivity contribution in [1.29, 1.82) is 5.41 Å². The maximum absolute atomic E-state index is 9.37. The van der Waals surface area contributed by atoms with Gasteiger partial charge in [-0.1, -0.05) is 6.92 Å². The molecule has 7 N–H and O–H groups in total. The number of carbonyl (C=O) groups is 1. The fraction of sp³-hybridized carbons (Fsp3) is 0.500. The van der Waals surface area contributed by atoms with Gasteiger partial charge in [0.1, 0.15) is 0 Å². The molecular formula is C4H12N4O2. The third-order valence-corrected chi connectivity index (χ3v) is 0.458. The number of carboxylic acid groups (broad SMARTS) is 1. The average Bonchev–Trinajstić information content (AvgIpc) is 1.89. The highest BCUT2D eigenvalue weighted by Crippen LogP contribution is 1.67. The zero-order chi connectivity index (χ0) is 8.57. The van der Waals surface area contributed by atoms with Crippen molar-refractivity contribution in [3.63, 3.8) is 0 Å². The highest BCUT2D eigenvalue weighted by atomic mass is 16.4. The topological polar surface area (TPSA) is 125 Å². The van der Waals surface area contributed by atoms with E-state index >= 15 is 0 Å². The summed E-state index contributed by atoms with van der Waals surface area (Å²) in [4.78, 5) is 9.37. The van der Waals surface area contributed by atoms with Crippen LogP contribution in [0.15, 0.2) is 0 Å². The summed E-state index contributed by atoms with van der Waals surface area (Å²) in [6.45, 7) is 1.60. The number of nitrogens with two attached hydrogens (primary N) is 2. The number of aliphatic carboxylic acids is 1. The molecule has 6 heteroatoms. The lowest BCUT2D eigenvalue weighted by Crippen LogP contribution is -2.35. The van der Waals surface area contributed by atoms with Gasteiger partial charge in [-0.15, -0.1) is 0 Å². The van der Waals surface area contributed by atoms with Gasteiger partial charge in [0.2, 0.25) is 0 Å². The van der Waals surface area contributed by atoms with E-state index in [0.717, 1.165) is 0 Å². The van der Waals surface area contributed by atoms with Gasteiger partial charge in [0.05, 0.1) is 0 Å². The minimum absolute atomic E-state index is 0.218. The lowest BCUT2D eigenvalue weighted by atomic mass is 10.5. The molecular weight excluding hydrogens is 136 g/mol. The van der Waals surface area contributed by atoms with Crippen LogP contribution in [-0.4, -0.2) is 17.0 Å². The Bertz CT molecular complexity index is 99.8. The molecule has 0 saturated heterocycles. The molecule has 0 amide bonds. The highest BCUT2D eigenvalue weighted by Gasteiger charge is 1.80. The molecule has 6 nitrogen and oxygen atoms in total. The van der Waals surface area contributed by atoms with E-state index in [0.29, 0.717) is 0 Å². The number of hydrogen-bond donors (Lipinski definition) is 5. The Morgan fingerprint density at radius 3 is 2.00 bits per heavy atom. The Balaban J connectivity index is 0. The van der Waals surface area contributed by atoms with Crippen molar-refractivity contribution in [2.45, 2.75) is 13.3 Å². The third-order valence-electron chi connectivity index (χ3n) is 0.458. The molecule has 0 aliphatic heterocycles. The molecule has 0 atom stereocenters. The Morgan fingerprint density at radius 1 is 1.80 bits per heavy atom. The zero-order valence-corrected chi connectivity index (χ0v) is 5.72. The lowest BCUT2D eigenvalue weighted by molar-refractivity contribution is -0.136. The summed E-state index contributed by atoms with van der Waals surface area (Å²) in [5.41, 5.74) is 6.53. The van der Waals surface area contributed by atoms with Crippen molar-refractivity contribution in [2.75, 3.05) is 0 Å². The van der Waals surface area contributed by atoms with Crippen LogP contribution in [0.5, 0.6) is 0 Å². The first-order chi connectivity index (χ1) is 4.54. The Kier molecular flexibility index (Phi) is 8.85. The second-order valence-electron chi connectivity index (χ2n) is 1.31. The van der Waals surface area contributed by atoms with Gasteiger partial charge in [-0.25, -0.2) is 5.84 Å². The highest BCUT2D eigenvalue weighted by molar-refractivity contribution is 5.73. The molecule has 0 radical (unpaired) electrons. The van der Waals surface area contributed by atoms with Crippen LogP contribution in [0.3, 0.4) is 0 Å². The zero-order valence-electron chi connectivity index (χ0n) is 5.72. The molecule has 0 aromatic carbocycles. The van der Waals surface area contributed by atoms with Gasteiger partial charge in [-0.05, 0) is 0 Å². The molecule has 0 heterocycles. The standard InChI is InChI=1S/C3H6O2.CH6N4/c1-2-3(4)5;2-1(3)5-4/h2H2,1H3,(H,4,5);4H2,(H4,2,3,5). The summed E-state index contributed by atoms with van der Waals surface area (Å²) in [5, 5.41) is 14.0. The van der Waals surface area contributed by atoms with E-state index in [1.807, 2.05) is 5.43 Å². The van der Waals surface area contributed by atoms with Crippen molar-refractivity contribution in [2.24, 2.45) is 11.6 Å². The summed E-state index contributed by atoms with van der Waals surface area (Å²) < 4.78 is 0. The second-order valence-corrected chi connectivity index (χ2v) is 1.31. The number of guanidine groups is 1. The number of hydrazine groups is 1. The van der Waals surface area contributed by atoms with Gasteiger partial charge >= 0.3 is 5.97 Å². The smallest absolute Gasteiger partial charge is 0.303 e. The summed E-state index contributed by atoms with van der Waals surface area (Å²) >= 11 is 0. The van der Waals surface area contributed by atoms with Crippen molar-refractivity contribution < 1.29 is 9.90 Å². The first-order valence-corrected chi connectivity index (χ1v) is 2.57. The van der Waals surface area contributed by atoms with Gasteiger partial charge in [0.25, 0.3) is 0 Å². The van der Waals surface area contributed by atoms with Gasteiger partial charge in [0, 0.05) is 6.42 Å². The van der Waals surface area contributed by atoms with Crippen LogP contribution >= 0.6 is 0 Å². The summed E-state index contributed by atoms with van der Waals surface area (Å²) in [5.74, 6) is 3.61. The third kappa shape index (κ3) is 29.9. The van der Waals surface area contributed by atoms with Gasteiger partial charge < -0.3 is 10.8 Å². The van der Waals surface area contributed by atoms with E-state index in [1.54, 1.807) is 6.92 Å². The average molecular weight is 148 g/mol. The first-order valence-electron chi connectivity index (χ1n) is 2.57. The second kappa shape index (κ2) is 7.70. The van der Waals surface area contributed by atoms with Crippen LogP contribution in [0.1, 0.15) is 13.3 Å². The van der Waals surface area contributed by atoms with Crippen LogP contribution < -0.4 is 17.0 Å². The van der Waals surface area contributed by atoms with Crippen LogP contribution in [0.4, 0.5) is 0 Å².